The molecule has 2 saturated heterocycles. The molecule has 3 heterocycles. The van der Waals surface area contributed by atoms with E-state index in [1.807, 2.05) is 17.0 Å². The average molecular weight is 400 g/mol. The Kier molecular flexibility index (Phi) is 5.25. The summed E-state index contributed by atoms with van der Waals surface area (Å²) in [6, 6.07) is 3.97. The number of piperidine rings is 1. The first kappa shape index (κ1) is 20.1. The molecule has 29 heavy (non-hydrogen) atoms. The van der Waals surface area contributed by atoms with E-state index in [0.717, 1.165) is 24.4 Å². The van der Waals surface area contributed by atoms with Gasteiger partial charge in [-0.05, 0) is 55.6 Å². The number of aromatic nitrogens is 2. The van der Waals surface area contributed by atoms with E-state index in [1.165, 1.54) is 0 Å². The molecule has 3 aliphatic rings. The fourth-order valence-corrected chi connectivity index (χ4v) is 4.52. The fourth-order valence-electron chi connectivity index (χ4n) is 4.52. The molecule has 1 aromatic heterocycles. The van der Waals surface area contributed by atoms with Gasteiger partial charge in [-0.3, -0.25) is 9.69 Å². The smallest absolute Gasteiger partial charge is 0.327 e. The summed E-state index contributed by atoms with van der Waals surface area (Å²) in [5.41, 5.74) is 0.301. The number of urea groups is 1. The monoisotopic (exact) mass is 399 g/mol. The molecule has 1 spiro atoms. The molecule has 3 fully saturated rings. The second-order valence-corrected chi connectivity index (χ2v) is 9.64. The summed E-state index contributed by atoms with van der Waals surface area (Å²) >= 11 is 0. The van der Waals surface area contributed by atoms with Crippen LogP contribution in [-0.4, -0.2) is 63.7 Å². The molecule has 0 bridgehead atoms. The van der Waals surface area contributed by atoms with Crippen molar-refractivity contribution in [1.82, 2.24) is 20.0 Å². The molecule has 0 aromatic carbocycles. The summed E-state index contributed by atoms with van der Waals surface area (Å²) in [4.78, 5) is 32.2. The first-order chi connectivity index (χ1) is 13.8. The predicted molar refractivity (Wildman–Crippen MR) is 112 cm³/mol. The topological polar surface area (TPSA) is 69.6 Å². The second kappa shape index (κ2) is 7.58. The lowest BCUT2D eigenvalue weighted by Crippen LogP contribution is -2.57. The summed E-state index contributed by atoms with van der Waals surface area (Å²) in [6.45, 7) is 11.1. The van der Waals surface area contributed by atoms with Gasteiger partial charge in [0.25, 0.3) is 5.91 Å². The maximum Gasteiger partial charge on any atom is 0.327 e. The third kappa shape index (κ3) is 3.71. The number of hydrogen-bond donors (Lipinski definition) is 0. The van der Waals surface area contributed by atoms with Gasteiger partial charge in [0.1, 0.15) is 5.54 Å². The van der Waals surface area contributed by atoms with Gasteiger partial charge in [0.15, 0.2) is 5.82 Å². The van der Waals surface area contributed by atoms with Crippen LogP contribution in [0.15, 0.2) is 12.1 Å². The van der Waals surface area contributed by atoms with E-state index in [9.17, 15) is 9.59 Å². The highest BCUT2D eigenvalue weighted by molar-refractivity contribution is 6.07. The Labute approximate surface area is 173 Å². The quantitative estimate of drug-likeness (QED) is 0.687. The number of rotatable bonds is 6. The number of imide groups is 1. The minimum absolute atomic E-state index is 0.0240. The Bertz CT molecular complexity index is 764. The van der Waals surface area contributed by atoms with Crippen molar-refractivity contribution in [3.05, 3.63) is 17.8 Å². The zero-order chi connectivity index (χ0) is 20.8. The van der Waals surface area contributed by atoms with Crippen LogP contribution in [0.2, 0.25) is 0 Å². The van der Waals surface area contributed by atoms with Crippen LogP contribution in [-0.2, 0) is 4.79 Å². The molecule has 4 rings (SSSR count). The lowest BCUT2D eigenvalue weighted by atomic mass is 9.85. The van der Waals surface area contributed by atoms with E-state index in [-0.39, 0.29) is 11.9 Å². The third-order valence-electron chi connectivity index (χ3n) is 6.48. The van der Waals surface area contributed by atoms with Gasteiger partial charge in [-0.15, -0.1) is 5.10 Å². The van der Waals surface area contributed by atoms with E-state index in [4.69, 9.17) is 0 Å². The van der Waals surface area contributed by atoms with Crippen LogP contribution in [0, 0.1) is 11.8 Å². The lowest BCUT2D eigenvalue weighted by Gasteiger charge is -2.43. The molecule has 158 valence electrons. The number of nitrogens with zero attached hydrogens (tertiary/aromatic N) is 5. The van der Waals surface area contributed by atoms with E-state index in [1.54, 1.807) is 4.90 Å². The van der Waals surface area contributed by atoms with Crippen molar-refractivity contribution in [2.24, 2.45) is 11.8 Å². The van der Waals surface area contributed by atoms with Crippen LogP contribution in [0.5, 0.6) is 0 Å². The Morgan fingerprint density at radius 3 is 2.28 bits per heavy atom. The van der Waals surface area contributed by atoms with Gasteiger partial charge < -0.3 is 9.80 Å². The largest absolute Gasteiger partial charge is 0.355 e. The molecule has 3 amide bonds. The number of carbonyl (C=O) groups is 2. The van der Waals surface area contributed by atoms with Crippen LogP contribution in [0.4, 0.5) is 10.6 Å². The normalized spacial score (nSPS) is 21.9. The summed E-state index contributed by atoms with van der Waals surface area (Å²) < 4.78 is 0. The van der Waals surface area contributed by atoms with Crippen LogP contribution >= 0.6 is 0 Å². The van der Waals surface area contributed by atoms with Crippen molar-refractivity contribution in [3.8, 4) is 0 Å². The SMILES string of the molecule is CC(C)CN1C(=O)N(CC2CC2)C(=O)C12CCN(c1ccc(C(C)C)nn1)CC2. The minimum Gasteiger partial charge on any atom is -0.355 e. The van der Waals surface area contributed by atoms with E-state index >= 15 is 0 Å². The second-order valence-electron chi connectivity index (χ2n) is 9.64. The first-order valence-corrected chi connectivity index (χ1v) is 11.0. The molecule has 0 radical (unpaired) electrons. The molecule has 1 aromatic rings. The zero-order valence-electron chi connectivity index (χ0n) is 18.1. The molecule has 1 aliphatic carbocycles. The van der Waals surface area contributed by atoms with Gasteiger partial charge in [-0.1, -0.05) is 27.7 Å². The number of carbonyl (C=O) groups excluding carboxylic acids is 2. The molecule has 0 unspecified atom stereocenters. The molecule has 0 N–H and O–H groups in total. The van der Waals surface area contributed by atoms with Gasteiger partial charge in [0.05, 0.1) is 5.69 Å². The number of anilines is 1. The highest BCUT2D eigenvalue weighted by Crippen LogP contribution is 2.41. The van der Waals surface area contributed by atoms with E-state index in [2.05, 4.69) is 42.8 Å². The highest BCUT2D eigenvalue weighted by Gasteiger charge is 2.58. The Hall–Kier alpha value is -2.18. The van der Waals surface area contributed by atoms with Crippen LogP contribution in [0.3, 0.4) is 0 Å². The van der Waals surface area contributed by atoms with Gasteiger partial charge in [-0.2, -0.15) is 5.10 Å². The zero-order valence-corrected chi connectivity index (χ0v) is 18.1. The van der Waals surface area contributed by atoms with Crippen molar-refractivity contribution < 1.29 is 9.59 Å². The van der Waals surface area contributed by atoms with Crippen molar-refractivity contribution in [2.45, 2.75) is 64.8 Å². The van der Waals surface area contributed by atoms with Crippen LogP contribution < -0.4 is 4.90 Å². The summed E-state index contributed by atoms with van der Waals surface area (Å²) in [7, 11) is 0. The van der Waals surface area contributed by atoms with Crippen molar-refractivity contribution >= 4 is 17.8 Å². The van der Waals surface area contributed by atoms with Gasteiger partial charge in [-0.25, -0.2) is 4.79 Å². The lowest BCUT2D eigenvalue weighted by molar-refractivity contribution is -0.134. The first-order valence-electron chi connectivity index (χ1n) is 11.0. The fraction of sp³-hybridized carbons (Fsp3) is 0.727. The summed E-state index contributed by atoms with van der Waals surface area (Å²) in [5.74, 6) is 2.07. The summed E-state index contributed by atoms with van der Waals surface area (Å²) in [6.07, 6.45) is 3.57. The Morgan fingerprint density at radius 1 is 1.07 bits per heavy atom. The van der Waals surface area contributed by atoms with Crippen molar-refractivity contribution in [2.75, 3.05) is 31.1 Å². The van der Waals surface area contributed by atoms with E-state index < -0.39 is 5.54 Å². The van der Waals surface area contributed by atoms with Crippen LogP contribution in [0.1, 0.15) is 65.0 Å². The predicted octanol–water partition coefficient (Wildman–Crippen LogP) is 3.27. The Balaban J connectivity index is 1.51. The van der Waals surface area contributed by atoms with Crippen LogP contribution in [0.25, 0.3) is 0 Å². The highest BCUT2D eigenvalue weighted by atomic mass is 16.2. The minimum atomic E-state index is -0.682. The molecule has 1 saturated carbocycles. The van der Waals surface area contributed by atoms with Crippen molar-refractivity contribution in [3.63, 3.8) is 0 Å². The van der Waals surface area contributed by atoms with Gasteiger partial charge >= 0.3 is 6.03 Å². The maximum absolute atomic E-state index is 13.4. The third-order valence-corrected chi connectivity index (χ3v) is 6.48. The van der Waals surface area contributed by atoms with Gasteiger partial charge in [0.2, 0.25) is 0 Å². The number of hydrogen-bond acceptors (Lipinski definition) is 5. The molecule has 2 aliphatic heterocycles. The Morgan fingerprint density at radius 2 is 1.76 bits per heavy atom. The summed E-state index contributed by atoms with van der Waals surface area (Å²) in [5, 5.41) is 8.75. The maximum atomic E-state index is 13.4. The molecule has 7 nitrogen and oxygen atoms in total. The molecule has 0 atom stereocenters. The molecular weight excluding hydrogens is 366 g/mol. The standard InChI is InChI=1S/C22H33N5O2/c1-15(2)13-27-21(29)26(14-17-5-6-17)20(28)22(27)9-11-25(12-10-22)19-8-7-18(16(3)4)23-24-19/h7-8,15-17H,5-6,9-14H2,1-4H3. The van der Waals surface area contributed by atoms with Gasteiger partial charge in [0, 0.05) is 26.2 Å². The molecular formula is C22H33N5O2. The average Bonchev–Trinajstić information content (AvgIpc) is 3.51. The van der Waals surface area contributed by atoms with E-state index in [0.29, 0.717) is 56.8 Å². The number of amides is 3. The van der Waals surface area contributed by atoms with Crippen molar-refractivity contribution in [1.29, 1.82) is 0 Å². The molecule has 7 heteroatoms.